The molecule has 0 aromatic carbocycles. The second-order valence-electron chi connectivity index (χ2n) is 6.97. The predicted molar refractivity (Wildman–Crippen MR) is 109 cm³/mol. The van der Waals surface area contributed by atoms with Crippen LogP contribution in [-0.2, 0) is 16.1 Å². The van der Waals surface area contributed by atoms with Gasteiger partial charge in [-0.25, -0.2) is 0 Å². The second-order valence-corrected chi connectivity index (χ2v) is 7.35. The van der Waals surface area contributed by atoms with Gasteiger partial charge in [0, 0.05) is 19.6 Å². The minimum Gasteiger partial charge on any atom is -0.378 e. The molecule has 1 unspecified atom stereocenters. The van der Waals surface area contributed by atoms with Gasteiger partial charge >= 0.3 is 0 Å². The number of aromatic nitrogens is 4. The summed E-state index contributed by atoms with van der Waals surface area (Å²) in [6.45, 7) is 10.0. The van der Waals surface area contributed by atoms with Crippen LogP contribution in [0.2, 0.25) is 5.02 Å². The summed E-state index contributed by atoms with van der Waals surface area (Å²) in [5.74, 6) is -0.424. The first-order valence-electron chi connectivity index (χ1n) is 9.83. The van der Waals surface area contributed by atoms with E-state index in [0.717, 1.165) is 5.69 Å². The lowest BCUT2D eigenvalue weighted by molar-refractivity contribution is -0.119. The molecule has 2 amide bonds. The lowest BCUT2D eigenvalue weighted by atomic mass is 10.2. The molecule has 29 heavy (non-hydrogen) atoms. The SMILES string of the molecule is CCC(C(=O)Nc1cnn(CC)c1C(=O)N1CCOCC1)n1nc(C)c(Cl)c1C. The summed E-state index contributed by atoms with van der Waals surface area (Å²) in [6.07, 6.45) is 2.05. The van der Waals surface area contributed by atoms with E-state index in [4.69, 9.17) is 16.3 Å². The van der Waals surface area contributed by atoms with Crippen LogP contribution < -0.4 is 5.32 Å². The van der Waals surface area contributed by atoms with E-state index in [-0.39, 0.29) is 11.8 Å². The molecule has 0 radical (unpaired) electrons. The number of carbonyl (C=O) groups excluding carboxylic acids is 2. The van der Waals surface area contributed by atoms with E-state index < -0.39 is 6.04 Å². The van der Waals surface area contributed by atoms with Gasteiger partial charge in [-0.3, -0.25) is 19.0 Å². The van der Waals surface area contributed by atoms with Crippen LogP contribution in [0.5, 0.6) is 0 Å². The van der Waals surface area contributed by atoms with E-state index in [9.17, 15) is 9.59 Å². The number of aryl methyl sites for hydroxylation is 2. The second kappa shape index (κ2) is 8.96. The average molecular weight is 423 g/mol. The van der Waals surface area contributed by atoms with Gasteiger partial charge < -0.3 is 15.0 Å². The van der Waals surface area contributed by atoms with Gasteiger partial charge in [-0.2, -0.15) is 10.2 Å². The Morgan fingerprint density at radius 2 is 1.97 bits per heavy atom. The van der Waals surface area contributed by atoms with Gasteiger partial charge in [0.15, 0.2) is 0 Å². The number of hydrogen-bond acceptors (Lipinski definition) is 5. The highest BCUT2D eigenvalue weighted by Crippen LogP contribution is 2.26. The molecular weight excluding hydrogens is 396 g/mol. The fourth-order valence-corrected chi connectivity index (χ4v) is 3.61. The van der Waals surface area contributed by atoms with Crippen LogP contribution in [-0.4, -0.2) is 62.6 Å². The van der Waals surface area contributed by atoms with Crippen molar-refractivity contribution in [2.45, 2.75) is 46.7 Å². The van der Waals surface area contributed by atoms with Crippen LogP contribution in [0.1, 0.15) is 48.2 Å². The van der Waals surface area contributed by atoms with E-state index >= 15 is 0 Å². The zero-order valence-electron chi connectivity index (χ0n) is 17.2. The molecule has 1 saturated heterocycles. The molecule has 0 saturated carbocycles. The zero-order chi connectivity index (χ0) is 21.1. The van der Waals surface area contributed by atoms with Crippen molar-refractivity contribution in [1.82, 2.24) is 24.5 Å². The smallest absolute Gasteiger partial charge is 0.274 e. The fourth-order valence-electron chi connectivity index (χ4n) is 3.49. The minimum absolute atomic E-state index is 0.162. The van der Waals surface area contributed by atoms with Crippen LogP contribution in [0.15, 0.2) is 6.20 Å². The van der Waals surface area contributed by atoms with Crippen molar-refractivity contribution in [3.63, 3.8) is 0 Å². The Morgan fingerprint density at radius 1 is 1.28 bits per heavy atom. The van der Waals surface area contributed by atoms with Crippen LogP contribution in [0.25, 0.3) is 0 Å². The van der Waals surface area contributed by atoms with E-state index in [1.54, 1.807) is 21.2 Å². The van der Waals surface area contributed by atoms with Crippen molar-refractivity contribution >= 4 is 29.1 Å². The number of hydrogen-bond donors (Lipinski definition) is 1. The highest BCUT2D eigenvalue weighted by Gasteiger charge is 2.29. The molecule has 0 spiro atoms. The maximum absolute atomic E-state index is 13.1. The summed E-state index contributed by atoms with van der Waals surface area (Å²) in [7, 11) is 0. The molecule has 158 valence electrons. The number of halogens is 1. The third kappa shape index (κ3) is 4.16. The Labute approximate surface area is 174 Å². The Balaban J connectivity index is 1.87. The third-order valence-electron chi connectivity index (χ3n) is 5.12. The van der Waals surface area contributed by atoms with Crippen molar-refractivity contribution < 1.29 is 14.3 Å². The van der Waals surface area contributed by atoms with Crippen molar-refractivity contribution in [3.05, 3.63) is 28.3 Å². The lowest BCUT2D eigenvalue weighted by Gasteiger charge is -2.27. The fraction of sp³-hybridized carbons (Fsp3) is 0.579. The lowest BCUT2D eigenvalue weighted by Crippen LogP contribution is -2.42. The summed E-state index contributed by atoms with van der Waals surface area (Å²) < 4.78 is 8.58. The number of carbonyl (C=O) groups is 2. The Kier molecular flexibility index (Phi) is 6.59. The molecule has 1 atom stereocenters. The maximum atomic E-state index is 13.1. The number of rotatable bonds is 6. The van der Waals surface area contributed by atoms with Crippen LogP contribution in [0.4, 0.5) is 5.69 Å². The molecule has 0 aliphatic carbocycles. The largest absolute Gasteiger partial charge is 0.378 e. The quantitative estimate of drug-likeness (QED) is 0.771. The Hall–Kier alpha value is -2.39. The minimum atomic E-state index is -0.544. The molecule has 1 N–H and O–H groups in total. The molecule has 1 fully saturated rings. The normalized spacial score (nSPS) is 15.4. The van der Waals surface area contributed by atoms with Gasteiger partial charge in [0.05, 0.1) is 41.5 Å². The number of ether oxygens (including phenoxy) is 1. The van der Waals surface area contributed by atoms with Gasteiger partial charge in [0.25, 0.3) is 5.91 Å². The van der Waals surface area contributed by atoms with Gasteiger partial charge in [0.1, 0.15) is 11.7 Å². The van der Waals surface area contributed by atoms with Gasteiger partial charge in [-0.05, 0) is 27.2 Å². The highest BCUT2D eigenvalue weighted by atomic mass is 35.5. The van der Waals surface area contributed by atoms with Crippen LogP contribution in [0.3, 0.4) is 0 Å². The number of anilines is 1. The molecule has 3 heterocycles. The van der Waals surface area contributed by atoms with Crippen molar-refractivity contribution in [3.8, 4) is 0 Å². The van der Waals surface area contributed by atoms with Gasteiger partial charge in [0.2, 0.25) is 5.91 Å². The number of morpholine rings is 1. The summed E-state index contributed by atoms with van der Waals surface area (Å²) in [5, 5.41) is 12.1. The average Bonchev–Trinajstić information content (AvgIpc) is 3.24. The molecule has 3 rings (SSSR count). The molecule has 1 aliphatic rings. The van der Waals surface area contributed by atoms with Crippen molar-refractivity contribution in [2.75, 3.05) is 31.6 Å². The highest BCUT2D eigenvalue weighted by molar-refractivity contribution is 6.31. The van der Waals surface area contributed by atoms with E-state index in [1.165, 1.54) is 6.20 Å². The first-order chi connectivity index (χ1) is 13.9. The molecule has 10 heteroatoms. The van der Waals surface area contributed by atoms with Crippen molar-refractivity contribution in [2.24, 2.45) is 0 Å². The molecular formula is C19H27ClN6O3. The summed E-state index contributed by atoms with van der Waals surface area (Å²) >= 11 is 6.25. The van der Waals surface area contributed by atoms with E-state index in [0.29, 0.717) is 61.4 Å². The first kappa shape index (κ1) is 21.3. The standard InChI is InChI=1S/C19H27ClN6O3/c1-5-15(26-13(4)16(20)12(3)23-26)18(27)22-14-11-21-25(6-2)17(14)19(28)24-7-9-29-10-8-24/h11,15H,5-10H2,1-4H3,(H,22,27). The Bertz CT molecular complexity index is 900. The predicted octanol–water partition coefficient (Wildman–Crippen LogP) is 2.43. The topological polar surface area (TPSA) is 94.3 Å². The van der Waals surface area contributed by atoms with Gasteiger partial charge in [-0.1, -0.05) is 18.5 Å². The first-order valence-corrected chi connectivity index (χ1v) is 10.2. The van der Waals surface area contributed by atoms with E-state index in [2.05, 4.69) is 15.5 Å². The molecule has 1 aliphatic heterocycles. The maximum Gasteiger partial charge on any atom is 0.274 e. The van der Waals surface area contributed by atoms with Crippen LogP contribution >= 0.6 is 11.6 Å². The summed E-state index contributed by atoms with van der Waals surface area (Å²) in [4.78, 5) is 27.9. The number of nitrogens with zero attached hydrogens (tertiary/aromatic N) is 5. The number of amides is 2. The Morgan fingerprint density at radius 3 is 2.52 bits per heavy atom. The molecule has 2 aromatic heterocycles. The van der Waals surface area contributed by atoms with Crippen LogP contribution in [0, 0.1) is 13.8 Å². The molecule has 9 nitrogen and oxygen atoms in total. The van der Waals surface area contributed by atoms with E-state index in [1.807, 2.05) is 20.8 Å². The number of nitrogens with one attached hydrogen (secondary N) is 1. The summed E-state index contributed by atoms with van der Waals surface area (Å²) in [6, 6.07) is -0.544. The van der Waals surface area contributed by atoms with Crippen molar-refractivity contribution in [1.29, 1.82) is 0 Å². The monoisotopic (exact) mass is 422 g/mol. The zero-order valence-corrected chi connectivity index (χ0v) is 18.0. The molecule has 0 bridgehead atoms. The third-order valence-corrected chi connectivity index (χ3v) is 5.67. The molecule has 2 aromatic rings. The summed E-state index contributed by atoms with van der Waals surface area (Å²) in [5.41, 5.74) is 2.20. The van der Waals surface area contributed by atoms with Gasteiger partial charge in [-0.15, -0.1) is 0 Å².